The Morgan fingerprint density at radius 2 is 1.27 bits per heavy atom. The summed E-state index contributed by atoms with van der Waals surface area (Å²) in [4.78, 5) is 5.00. The van der Waals surface area contributed by atoms with E-state index in [9.17, 15) is 0 Å². The molecule has 0 atom stereocenters. The Bertz CT molecular complexity index is 1410. The predicted octanol–water partition coefficient (Wildman–Crippen LogP) is 8.30. The molecule has 0 saturated carbocycles. The zero-order chi connectivity index (χ0) is 23.0. The first kappa shape index (κ1) is 21.0. The van der Waals surface area contributed by atoms with Crippen LogP contribution >= 0.6 is 0 Å². The summed E-state index contributed by atoms with van der Waals surface area (Å²) in [7, 11) is 0. The lowest BCUT2D eigenvalue weighted by Crippen LogP contribution is -2.10. The van der Waals surface area contributed by atoms with Crippen molar-refractivity contribution in [2.75, 3.05) is 0 Å². The van der Waals surface area contributed by atoms with Crippen LogP contribution in [0.3, 0.4) is 0 Å². The summed E-state index contributed by atoms with van der Waals surface area (Å²) in [6.45, 7) is 10.6. The van der Waals surface area contributed by atoms with Crippen LogP contribution in [0.2, 0.25) is 0 Å². The van der Waals surface area contributed by atoms with Crippen LogP contribution in [0.25, 0.3) is 45.3 Å². The SMILES string of the molecule is C=Cc1ccc(-c2ccc(-n3c(-c4ccc(C(C)(C)C)cc4)nc4ccccc43)cc2)cc1. The fourth-order valence-corrected chi connectivity index (χ4v) is 4.21. The molecule has 1 heterocycles. The van der Waals surface area contributed by atoms with E-state index < -0.39 is 0 Å². The van der Waals surface area contributed by atoms with Gasteiger partial charge in [0.1, 0.15) is 5.82 Å². The number of hydrogen-bond donors (Lipinski definition) is 0. The first-order valence-electron chi connectivity index (χ1n) is 11.4. The molecule has 2 heteroatoms. The Kier molecular flexibility index (Phi) is 5.22. The van der Waals surface area contributed by atoms with E-state index in [0.29, 0.717) is 0 Å². The molecule has 0 fully saturated rings. The average molecular weight is 429 g/mol. The van der Waals surface area contributed by atoms with Gasteiger partial charge in [-0.2, -0.15) is 0 Å². The van der Waals surface area contributed by atoms with Crippen LogP contribution in [0.1, 0.15) is 31.9 Å². The van der Waals surface area contributed by atoms with Gasteiger partial charge in [0.25, 0.3) is 0 Å². The largest absolute Gasteiger partial charge is 0.292 e. The van der Waals surface area contributed by atoms with Gasteiger partial charge in [0.05, 0.1) is 11.0 Å². The highest BCUT2D eigenvalue weighted by Gasteiger charge is 2.17. The van der Waals surface area contributed by atoms with E-state index in [4.69, 9.17) is 4.98 Å². The number of rotatable bonds is 4. The minimum Gasteiger partial charge on any atom is -0.292 e. The van der Waals surface area contributed by atoms with Gasteiger partial charge in [0.15, 0.2) is 0 Å². The van der Waals surface area contributed by atoms with Crippen molar-refractivity contribution in [1.82, 2.24) is 9.55 Å². The van der Waals surface area contributed by atoms with Crippen molar-refractivity contribution in [3.8, 4) is 28.2 Å². The van der Waals surface area contributed by atoms with Crippen molar-refractivity contribution >= 4 is 17.1 Å². The van der Waals surface area contributed by atoms with Gasteiger partial charge in [0.2, 0.25) is 0 Å². The molecule has 0 radical (unpaired) electrons. The van der Waals surface area contributed by atoms with Crippen molar-refractivity contribution in [2.24, 2.45) is 0 Å². The average Bonchev–Trinajstić information content (AvgIpc) is 3.23. The number of hydrogen-bond acceptors (Lipinski definition) is 1. The minimum atomic E-state index is 0.123. The summed E-state index contributed by atoms with van der Waals surface area (Å²) < 4.78 is 2.26. The first-order chi connectivity index (χ1) is 15.9. The summed E-state index contributed by atoms with van der Waals surface area (Å²) in [6.07, 6.45) is 1.87. The molecule has 0 bridgehead atoms. The van der Waals surface area contributed by atoms with Crippen LogP contribution < -0.4 is 0 Å². The Labute approximate surface area is 195 Å². The summed E-state index contributed by atoms with van der Waals surface area (Å²) in [5.74, 6) is 0.958. The van der Waals surface area contributed by atoms with Crippen LogP contribution in [0.15, 0.2) is 104 Å². The van der Waals surface area contributed by atoms with E-state index in [-0.39, 0.29) is 5.41 Å². The van der Waals surface area contributed by atoms with Crippen molar-refractivity contribution in [3.63, 3.8) is 0 Å². The normalized spacial score (nSPS) is 11.6. The third-order valence-electron chi connectivity index (χ3n) is 6.18. The smallest absolute Gasteiger partial charge is 0.145 e. The van der Waals surface area contributed by atoms with Gasteiger partial charge in [-0.1, -0.05) is 106 Å². The number of fused-ring (bicyclic) bond motifs is 1. The molecule has 0 aliphatic heterocycles. The zero-order valence-electron chi connectivity index (χ0n) is 19.4. The van der Waals surface area contributed by atoms with Gasteiger partial charge in [0, 0.05) is 11.3 Å². The molecular weight excluding hydrogens is 400 g/mol. The maximum Gasteiger partial charge on any atom is 0.145 e. The third-order valence-corrected chi connectivity index (χ3v) is 6.18. The monoisotopic (exact) mass is 428 g/mol. The van der Waals surface area contributed by atoms with E-state index in [0.717, 1.165) is 33.7 Å². The number of para-hydroxylation sites is 2. The van der Waals surface area contributed by atoms with E-state index in [1.54, 1.807) is 0 Å². The molecule has 0 unspecified atom stereocenters. The molecule has 4 aromatic carbocycles. The molecule has 5 rings (SSSR count). The second-order valence-electron chi connectivity index (χ2n) is 9.46. The van der Waals surface area contributed by atoms with Gasteiger partial charge in [-0.25, -0.2) is 4.98 Å². The van der Waals surface area contributed by atoms with Crippen molar-refractivity contribution < 1.29 is 0 Å². The van der Waals surface area contributed by atoms with Crippen molar-refractivity contribution in [3.05, 3.63) is 115 Å². The van der Waals surface area contributed by atoms with E-state index in [1.807, 2.05) is 12.1 Å². The van der Waals surface area contributed by atoms with Gasteiger partial charge in [-0.05, 0) is 51.9 Å². The van der Waals surface area contributed by atoms with Crippen LogP contribution in [0, 0.1) is 0 Å². The van der Waals surface area contributed by atoms with Crippen molar-refractivity contribution in [1.29, 1.82) is 0 Å². The lowest BCUT2D eigenvalue weighted by Gasteiger charge is -2.19. The number of aromatic nitrogens is 2. The first-order valence-corrected chi connectivity index (χ1v) is 11.4. The highest BCUT2D eigenvalue weighted by atomic mass is 15.1. The Morgan fingerprint density at radius 3 is 1.88 bits per heavy atom. The van der Waals surface area contributed by atoms with E-state index >= 15 is 0 Å². The van der Waals surface area contributed by atoms with E-state index in [1.165, 1.54) is 16.7 Å². The van der Waals surface area contributed by atoms with Crippen LogP contribution in [-0.2, 0) is 5.41 Å². The minimum absolute atomic E-state index is 0.123. The number of imidazole rings is 1. The van der Waals surface area contributed by atoms with Gasteiger partial charge in [-0.15, -0.1) is 0 Å². The Balaban J connectivity index is 1.59. The Hall–Kier alpha value is -3.91. The van der Waals surface area contributed by atoms with Gasteiger partial charge >= 0.3 is 0 Å². The van der Waals surface area contributed by atoms with Crippen LogP contribution in [-0.4, -0.2) is 9.55 Å². The molecule has 0 saturated heterocycles. The molecule has 0 N–H and O–H groups in total. The van der Waals surface area contributed by atoms with Gasteiger partial charge < -0.3 is 0 Å². The highest BCUT2D eigenvalue weighted by molar-refractivity contribution is 5.83. The fourth-order valence-electron chi connectivity index (χ4n) is 4.21. The quantitative estimate of drug-likeness (QED) is 0.281. The molecule has 0 aliphatic rings. The second-order valence-corrected chi connectivity index (χ2v) is 9.46. The molecular formula is C31H28N2. The highest BCUT2D eigenvalue weighted by Crippen LogP contribution is 2.31. The molecule has 2 nitrogen and oxygen atoms in total. The molecule has 33 heavy (non-hydrogen) atoms. The van der Waals surface area contributed by atoms with Crippen molar-refractivity contribution in [2.45, 2.75) is 26.2 Å². The van der Waals surface area contributed by atoms with Crippen LogP contribution in [0.4, 0.5) is 0 Å². The summed E-state index contributed by atoms with van der Waals surface area (Å²) in [6, 6.07) is 34.3. The summed E-state index contributed by atoms with van der Waals surface area (Å²) in [5, 5.41) is 0. The molecule has 162 valence electrons. The number of nitrogens with zero attached hydrogens (tertiary/aromatic N) is 2. The van der Waals surface area contributed by atoms with Crippen LogP contribution in [0.5, 0.6) is 0 Å². The molecule has 0 spiro atoms. The maximum atomic E-state index is 5.00. The lowest BCUT2D eigenvalue weighted by molar-refractivity contribution is 0.590. The molecule has 0 amide bonds. The second kappa shape index (κ2) is 8.22. The molecule has 1 aromatic heterocycles. The topological polar surface area (TPSA) is 17.8 Å². The molecule has 5 aromatic rings. The molecule has 0 aliphatic carbocycles. The third kappa shape index (κ3) is 4.01. The zero-order valence-corrected chi connectivity index (χ0v) is 19.4. The van der Waals surface area contributed by atoms with Gasteiger partial charge in [-0.3, -0.25) is 4.57 Å². The maximum absolute atomic E-state index is 5.00. The Morgan fingerprint density at radius 1 is 0.697 bits per heavy atom. The summed E-state index contributed by atoms with van der Waals surface area (Å²) >= 11 is 0. The lowest BCUT2D eigenvalue weighted by atomic mass is 9.86. The summed E-state index contributed by atoms with van der Waals surface area (Å²) in [5.41, 5.74) is 9.28. The predicted molar refractivity (Wildman–Crippen MR) is 141 cm³/mol. The van der Waals surface area contributed by atoms with E-state index in [2.05, 4.69) is 123 Å². The fraction of sp³-hybridized carbons (Fsp3) is 0.129. The number of benzene rings is 4. The standard InChI is InChI=1S/C31H28N2/c1-5-22-10-12-23(13-11-22)24-16-20-27(21-17-24)33-29-9-7-6-8-28(29)32-30(33)25-14-18-26(19-15-25)31(2,3)4/h5-21H,1H2,2-4H3.